The number of nitrogens with one attached hydrogen (secondary N) is 1. The number of carbonyl (C=O) groups excluding carboxylic acids is 1. The van der Waals surface area contributed by atoms with Crippen LogP contribution in [0.25, 0.3) is 0 Å². The first-order valence-corrected chi connectivity index (χ1v) is 7.10. The largest absolute Gasteiger partial charge is 0.432 e. The van der Waals surface area contributed by atoms with Crippen molar-refractivity contribution in [1.29, 1.82) is 0 Å². The third kappa shape index (κ3) is 4.69. The molecule has 0 bridgehead atoms. The van der Waals surface area contributed by atoms with Gasteiger partial charge in [-0.05, 0) is 30.7 Å². The van der Waals surface area contributed by atoms with Crippen LogP contribution >= 0.6 is 0 Å². The number of aliphatic imine (C=N–C) groups is 1. The molecule has 0 fully saturated rings. The lowest BCUT2D eigenvalue weighted by Gasteiger charge is -2.19. The summed E-state index contributed by atoms with van der Waals surface area (Å²) < 4.78 is 41.9. The van der Waals surface area contributed by atoms with Gasteiger partial charge in [-0.2, -0.15) is 13.9 Å². The van der Waals surface area contributed by atoms with Gasteiger partial charge in [-0.1, -0.05) is 0 Å². The van der Waals surface area contributed by atoms with E-state index in [-0.39, 0.29) is 12.1 Å². The van der Waals surface area contributed by atoms with Gasteiger partial charge in [-0.25, -0.2) is 9.40 Å². The Morgan fingerprint density at radius 1 is 1.48 bits per heavy atom. The molecule has 0 unspecified atom stereocenters. The highest BCUT2D eigenvalue weighted by Crippen LogP contribution is 2.20. The Kier molecular flexibility index (Phi) is 5.93. The van der Waals surface area contributed by atoms with Crippen LogP contribution in [0.5, 0.6) is 5.75 Å². The molecule has 0 saturated carbocycles. The molecule has 25 heavy (non-hydrogen) atoms. The standard InChI is InChI=1S/C16H15F3N4O2/c1-10(13-9-21-5-6-23(13)20-2)8-22-15(24)11-3-4-14(12(17)7-11)25-16(18)19/h3-7,9,16H,2,8H2,1H3,(H,22,24)/b13-10+. The smallest absolute Gasteiger partial charge is 0.387 e. The van der Waals surface area contributed by atoms with E-state index < -0.39 is 24.1 Å². The van der Waals surface area contributed by atoms with Crippen LogP contribution in [0.1, 0.15) is 17.3 Å². The van der Waals surface area contributed by atoms with Crippen molar-refractivity contribution in [3.05, 3.63) is 53.2 Å². The molecule has 1 heterocycles. The number of hydrazone groups is 1. The number of amides is 1. The molecule has 1 N–H and O–H groups in total. The second kappa shape index (κ2) is 8.13. The minimum absolute atomic E-state index is 0.0205. The fourth-order valence-corrected chi connectivity index (χ4v) is 2.02. The Labute approximate surface area is 142 Å². The number of ether oxygens (including phenoxy) is 1. The minimum Gasteiger partial charge on any atom is -0.432 e. The predicted molar refractivity (Wildman–Crippen MR) is 87.1 cm³/mol. The number of nitrogens with zero attached hydrogens (tertiary/aromatic N) is 3. The second-order valence-corrected chi connectivity index (χ2v) is 4.93. The highest BCUT2D eigenvalue weighted by atomic mass is 19.3. The van der Waals surface area contributed by atoms with Crippen LogP contribution in [0, 0.1) is 5.82 Å². The van der Waals surface area contributed by atoms with Crippen LogP contribution in [0.15, 0.2) is 52.0 Å². The van der Waals surface area contributed by atoms with Crippen molar-refractivity contribution in [1.82, 2.24) is 10.3 Å². The topological polar surface area (TPSA) is 66.3 Å². The summed E-state index contributed by atoms with van der Waals surface area (Å²) in [5, 5.41) is 7.88. The molecular formula is C16H15F3N4O2. The fraction of sp³-hybridized carbons (Fsp3) is 0.188. The van der Waals surface area contributed by atoms with Crippen molar-refractivity contribution in [2.45, 2.75) is 13.5 Å². The van der Waals surface area contributed by atoms with Crippen LogP contribution < -0.4 is 10.1 Å². The molecule has 0 spiro atoms. The number of hydrogen-bond acceptors (Lipinski definition) is 5. The molecule has 1 aromatic carbocycles. The van der Waals surface area contributed by atoms with E-state index in [9.17, 15) is 18.0 Å². The van der Waals surface area contributed by atoms with Gasteiger partial charge in [0.2, 0.25) is 0 Å². The number of halogens is 3. The summed E-state index contributed by atoms with van der Waals surface area (Å²) >= 11 is 0. The summed E-state index contributed by atoms with van der Waals surface area (Å²) in [5.41, 5.74) is 1.37. The van der Waals surface area contributed by atoms with Crippen molar-refractivity contribution >= 4 is 18.8 Å². The lowest BCUT2D eigenvalue weighted by Crippen LogP contribution is -2.27. The maximum Gasteiger partial charge on any atom is 0.387 e. The van der Waals surface area contributed by atoms with E-state index in [1.165, 1.54) is 17.3 Å². The molecule has 0 saturated heterocycles. The van der Waals surface area contributed by atoms with Gasteiger partial charge >= 0.3 is 6.61 Å². The Morgan fingerprint density at radius 2 is 2.24 bits per heavy atom. The zero-order valence-corrected chi connectivity index (χ0v) is 13.2. The van der Waals surface area contributed by atoms with E-state index in [0.717, 1.165) is 17.7 Å². The highest BCUT2D eigenvalue weighted by molar-refractivity contribution is 5.94. The van der Waals surface area contributed by atoms with Gasteiger partial charge < -0.3 is 10.1 Å². The third-order valence-electron chi connectivity index (χ3n) is 3.25. The SMILES string of the molecule is C=NN1C=CN=C/C1=C(/C)CNC(=O)c1ccc(OC(F)F)c(F)c1. The summed E-state index contributed by atoms with van der Waals surface area (Å²) in [6.45, 7) is 2.20. The minimum atomic E-state index is -3.14. The number of alkyl halides is 2. The van der Waals surface area contributed by atoms with Crippen LogP contribution in [-0.2, 0) is 0 Å². The number of benzene rings is 1. The Bertz CT molecular complexity index is 760. The molecule has 6 nitrogen and oxygen atoms in total. The van der Waals surface area contributed by atoms with E-state index in [1.54, 1.807) is 19.3 Å². The van der Waals surface area contributed by atoms with E-state index in [4.69, 9.17) is 0 Å². The summed E-state index contributed by atoms with van der Waals surface area (Å²) in [5.74, 6) is -2.23. The summed E-state index contributed by atoms with van der Waals surface area (Å²) in [6, 6.07) is 3.00. The molecule has 2 rings (SSSR count). The Hall–Kier alpha value is -3.10. The molecule has 1 aliphatic heterocycles. The highest BCUT2D eigenvalue weighted by Gasteiger charge is 2.15. The third-order valence-corrected chi connectivity index (χ3v) is 3.25. The fourth-order valence-electron chi connectivity index (χ4n) is 2.02. The van der Waals surface area contributed by atoms with Gasteiger partial charge in [0.15, 0.2) is 11.6 Å². The predicted octanol–water partition coefficient (Wildman–Crippen LogP) is 2.90. The quantitative estimate of drug-likeness (QED) is 0.801. The molecule has 0 aromatic heterocycles. The lowest BCUT2D eigenvalue weighted by molar-refractivity contribution is -0.0521. The number of carbonyl (C=O) groups is 1. The van der Waals surface area contributed by atoms with Crippen molar-refractivity contribution in [2.75, 3.05) is 6.54 Å². The normalized spacial score (nSPS) is 15.3. The van der Waals surface area contributed by atoms with Gasteiger partial charge in [0.25, 0.3) is 5.91 Å². The van der Waals surface area contributed by atoms with Crippen molar-refractivity contribution in [2.24, 2.45) is 10.1 Å². The van der Waals surface area contributed by atoms with Crippen LogP contribution in [-0.4, -0.2) is 37.0 Å². The van der Waals surface area contributed by atoms with Crippen LogP contribution in [0.4, 0.5) is 13.2 Å². The molecule has 1 aromatic rings. The van der Waals surface area contributed by atoms with Gasteiger partial charge in [0.1, 0.15) is 0 Å². The summed E-state index contributed by atoms with van der Waals surface area (Å²) in [7, 11) is 0. The second-order valence-electron chi connectivity index (χ2n) is 4.93. The van der Waals surface area contributed by atoms with E-state index in [0.29, 0.717) is 5.70 Å². The Balaban J connectivity index is 2.05. The molecule has 0 aliphatic carbocycles. The van der Waals surface area contributed by atoms with E-state index in [2.05, 4.69) is 26.9 Å². The maximum atomic E-state index is 13.7. The average molecular weight is 352 g/mol. The van der Waals surface area contributed by atoms with Crippen LogP contribution in [0.2, 0.25) is 0 Å². The van der Waals surface area contributed by atoms with Crippen LogP contribution in [0.3, 0.4) is 0 Å². The molecule has 9 heteroatoms. The lowest BCUT2D eigenvalue weighted by atomic mass is 10.1. The van der Waals surface area contributed by atoms with Gasteiger partial charge in [-0.3, -0.25) is 9.79 Å². The monoisotopic (exact) mass is 352 g/mol. The van der Waals surface area contributed by atoms with Gasteiger partial charge in [0.05, 0.1) is 11.9 Å². The average Bonchev–Trinajstić information content (AvgIpc) is 2.60. The zero-order valence-electron chi connectivity index (χ0n) is 13.2. The number of allylic oxidation sites excluding steroid dienone is 1. The number of hydrogen-bond donors (Lipinski definition) is 1. The summed E-state index contributed by atoms with van der Waals surface area (Å²) in [6.07, 6.45) is 4.70. The van der Waals surface area contributed by atoms with Crippen molar-refractivity contribution in [3.8, 4) is 5.75 Å². The van der Waals surface area contributed by atoms with Crippen molar-refractivity contribution in [3.63, 3.8) is 0 Å². The molecule has 132 valence electrons. The Morgan fingerprint density at radius 3 is 2.88 bits per heavy atom. The number of rotatable bonds is 6. The zero-order chi connectivity index (χ0) is 18.4. The first-order valence-electron chi connectivity index (χ1n) is 7.10. The first-order chi connectivity index (χ1) is 11.9. The van der Waals surface area contributed by atoms with Crippen molar-refractivity contribution < 1.29 is 22.7 Å². The molecule has 0 radical (unpaired) electrons. The summed E-state index contributed by atoms with van der Waals surface area (Å²) in [4.78, 5) is 16.1. The van der Waals surface area contributed by atoms with E-state index >= 15 is 0 Å². The van der Waals surface area contributed by atoms with Gasteiger partial charge in [-0.15, -0.1) is 0 Å². The molecule has 1 aliphatic rings. The molecular weight excluding hydrogens is 337 g/mol. The molecule has 1 amide bonds. The van der Waals surface area contributed by atoms with Gasteiger partial charge in [0, 0.05) is 31.2 Å². The van der Waals surface area contributed by atoms with E-state index in [1.807, 2.05) is 0 Å². The first kappa shape index (κ1) is 18.2. The molecule has 0 atom stereocenters. The maximum absolute atomic E-state index is 13.7.